The molecule has 0 aliphatic rings. The largest absolute Gasteiger partial charge is 0.463 e. The van der Waals surface area contributed by atoms with E-state index in [1.54, 1.807) is 0 Å². The molecular weight excluding hydrogens is 303 g/mol. The van der Waals surface area contributed by atoms with E-state index in [0.717, 1.165) is 32.1 Å². The summed E-state index contributed by atoms with van der Waals surface area (Å²) < 4.78 is 10.1. The third-order valence-corrected chi connectivity index (χ3v) is 2.94. The third-order valence-electron chi connectivity index (χ3n) is 2.69. The number of rotatable bonds is 11. The minimum Gasteiger partial charge on any atom is -0.463 e. The van der Waals surface area contributed by atoms with Crippen molar-refractivity contribution in [2.75, 3.05) is 6.61 Å². The number of hydrogen-bond donors (Lipinski definition) is 0. The fourth-order valence-corrected chi connectivity index (χ4v) is 1.82. The second kappa shape index (κ2) is 12.3. The van der Waals surface area contributed by atoms with Crippen LogP contribution in [0, 0.1) is 0 Å². The van der Waals surface area contributed by atoms with Gasteiger partial charge in [-0.3, -0.25) is 9.59 Å². The lowest BCUT2D eigenvalue weighted by Gasteiger charge is -2.16. The highest BCUT2D eigenvalue weighted by atomic mass is 35.5. The fourth-order valence-electron chi connectivity index (χ4n) is 1.69. The summed E-state index contributed by atoms with van der Waals surface area (Å²) in [6.45, 7) is 4.09. The number of hydrogen-bond acceptors (Lipinski definition) is 4. The van der Waals surface area contributed by atoms with E-state index in [-0.39, 0.29) is 31.5 Å². The standard InChI is InChI=1S/C14H24Cl2O4/c1-3-5-7-11(6-4-2)20-14(18)9-8-13(17)19-10-12(15)16/h11-12H,3-10H2,1-2H3. The Kier molecular flexibility index (Phi) is 12.0. The lowest BCUT2D eigenvalue weighted by atomic mass is 10.1. The molecule has 0 N–H and O–H groups in total. The van der Waals surface area contributed by atoms with E-state index in [1.807, 2.05) is 0 Å². The fraction of sp³-hybridized carbons (Fsp3) is 0.857. The van der Waals surface area contributed by atoms with E-state index >= 15 is 0 Å². The Labute approximate surface area is 131 Å². The monoisotopic (exact) mass is 326 g/mol. The van der Waals surface area contributed by atoms with Gasteiger partial charge in [0.15, 0.2) is 0 Å². The van der Waals surface area contributed by atoms with Crippen LogP contribution in [-0.2, 0) is 19.1 Å². The maximum atomic E-state index is 11.7. The average Bonchev–Trinajstić information content (AvgIpc) is 2.40. The summed E-state index contributed by atoms with van der Waals surface area (Å²) in [4.78, 5) is 22.2. The molecule has 0 heterocycles. The van der Waals surface area contributed by atoms with E-state index in [2.05, 4.69) is 13.8 Å². The molecule has 0 spiro atoms. The first kappa shape index (κ1) is 19.5. The molecule has 118 valence electrons. The molecule has 0 aliphatic heterocycles. The molecule has 0 aromatic rings. The highest BCUT2D eigenvalue weighted by Crippen LogP contribution is 2.12. The van der Waals surface area contributed by atoms with E-state index < -0.39 is 10.8 Å². The van der Waals surface area contributed by atoms with Gasteiger partial charge < -0.3 is 9.47 Å². The second-order valence-electron chi connectivity index (χ2n) is 4.62. The van der Waals surface area contributed by atoms with E-state index in [1.165, 1.54) is 0 Å². The molecule has 0 bridgehead atoms. The molecule has 0 saturated carbocycles. The van der Waals surface area contributed by atoms with Gasteiger partial charge in [-0.1, -0.05) is 33.1 Å². The summed E-state index contributed by atoms with van der Waals surface area (Å²) in [6, 6.07) is 0. The van der Waals surface area contributed by atoms with Crippen molar-refractivity contribution in [1.82, 2.24) is 0 Å². The molecule has 0 aromatic carbocycles. The molecule has 4 nitrogen and oxygen atoms in total. The predicted octanol–water partition coefficient (Wildman–Crippen LogP) is 4.02. The van der Waals surface area contributed by atoms with Crippen LogP contribution in [0.5, 0.6) is 0 Å². The van der Waals surface area contributed by atoms with Crippen molar-refractivity contribution in [2.45, 2.75) is 69.7 Å². The summed E-state index contributed by atoms with van der Waals surface area (Å²) in [7, 11) is 0. The van der Waals surface area contributed by atoms with Gasteiger partial charge in [0.1, 0.15) is 17.5 Å². The van der Waals surface area contributed by atoms with Gasteiger partial charge in [0.2, 0.25) is 0 Å². The summed E-state index contributed by atoms with van der Waals surface area (Å²) >= 11 is 10.9. The van der Waals surface area contributed by atoms with Crippen LogP contribution in [0.3, 0.4) is 0 Å². The molecule has 0 amide bonds. The number of carbonyl (C=O) groups excluding carboxylic acids is 2. The van der Waals surface area contributed by atoms with Gasteiger partial charge in [0, 0.05) is 0 Å². The molecule has 1 atom stereocenters. The maximum absolute atomic E-state index is 11.7. The lowest BCUT2D eigenvalue weighted by Crippen LogP contribution is -2.19. The van der Waals surface area contributed by atoms with Gasteiger partial charge in [-0.15, -0.1) is 23.2 Å². The smallest absolute Gasteiger partial charge is 0.306 e. The second-order valence-corrected chi connectivity index (χ2v) is 5.89. The maximum Gasteiger partial charge on any atom is 0.306 e. The molecule has 0 fully saturated rings. The molecule has 0 saturated heterocycles. The Morgan fingerprint density at radius 3 is 2.20 bits per heavy atom. The van der Waals surface area contributed by atoms with Crippen LogP contribution >= 0.6 is 23.2 Å². The Bertz CT molecular complexity index is 282. The van der Waals surface area contributed by atoms with Crippen LogP contribution < -0.4 is 0 Å². The van der Waals surface area contributed by atoms with Crippen LogP contribution in [0.1, 0.15) is 58.8 Å². The van der Waals surface area contributed by atoms with E-state index in [4.69, 9.17) is 32.7 Å². The summed E-state index contributed by atoms with van der Waals surface area (Å²) in [5.74, 6) is -0.848. The van der Waals surface area contributed by atoms with Gasteiger partial charge in [-0.25, -0.2) is 0 Å². The highest BCUT2D eigenvalue weighted by molar-refractivity contribution is 6.44. The number of esters is 2. The first-order valence-corrected chi connectivity index (χ1v) is 8.00. The Morgan fingerprint density at radius 1 is 1.00 bits per heavy atom. The first-order chi connectivity index (χ1) is 9.49. The number of unbranched alkanes of at least 4 members (excludes halogenated alkanes) is 1. The van der Waals surface area contributed by atoms with Crippen molar-refractivity contribution in [2.24, 2.45) is 0 Å². The summed E-state index contributed by atoms with van der Waals surface area (Å²) in [5.41, 5.74) is 0. The molecule has 0 radical (unpaired) electrons. The van der Waals surface area contributed by atoms with Gasteiger partial charge in [-0.2, -0.15) is 0 Å². The summed E-state index contributed by atoms with van der Waals surface area (Å²) in [6.07, 6.45) is 4.79. The average molecular weight is 327 g/mol. The van der Waals surface area contributed by atoms with Crippen LogP contribution in [0.25, 0.3) is 0 Å². The van der Waals surface area contributed by atoms with Gasteiger partial charge >= 0.3 is 11.9 Å². The van der Waals surface area contributed by atoms with Crippen molar-refractivity contribution >= 4 is 35.1 Å². The lowest BCUT2D eigenvalue weighted by molar-refractivity contribution is -0.154. The van der Waals surface area contributed by atoms with Crippen molar-refractivity contribution in [3.63, 3.8) is 0 Å². The third kappa shape index (κ3) is 11.4. The van der Waals surface area contributed by atoms with Gasteiger partial charge in [-0.05, 0) is 12.8 Å². The SMILES string of the molecule is CCCCC(CCC)OC(=O)CCC(=O)OCC(Cl)Cl. The van der Waals surface area contributed by atoms with Gasteiger partial charge in [0.25, 0.3) is 0 Å². The Hall–Kier alpha value is -0.480. The normalized spacial score (nSPS) is 12.2. The molecule has 6 heteroatoms. The predicted molar refractivity (Wildman–Crippen MR) is 80.0 cm³/mol. The Morgan fingerprint density at radius 2 is 1.65 bits per heavy atom. The first-order valence-electron chi connectivity index (χ1n) is 7.12. The van der Waals surface area contributed by atoms with Gasteiger partial charge in [0.05, 0.1) is 12.8 Å². The van der Waals surface area contributed by atoms with Crippen molar-refractivity contribution in [3.05, 3.63) is 0 Å². The Balaban J connectivity index is 3.91. The topological polar surface area (TPSA) is 52.6 Å². The molecule has 0 rings (SSSR count). The number of halogens is 2. The quantitative estimate of drug-likeness (QED) is 0.425. The molecular formula is C14H24Cl2O4. The zero-order valence-electron chi connectivity index (χ0n) is 12.2. The molecule has 0 aromatic heterocycles. The highest BCUT2D eigenvalue weighted by Gasteiger charge is 2.15. The van der Waals surface area contributed by atoms with Crippen LogP contribution in [0.15, 0.2) is 0 Å². The van der Waals surface area contributed by atoms with Crippen molar-refractivity contribution < 1.29 is 19.1 Å². The number of ether oxygens (including phenoxy) is 2. The van der Waals surface area contributed by atoms with Crippen LogP contribution in [0.4, 0.5) is 0 Å². The zero-order chi connectivity index (χ0) is 15.4. The zero-order valence-corrected chi connectivity index (χ0v) is 13.7. The minimum atomic E-state index is -0.742. The molecule has 1 unspecified atom stereocenters. The number of alkyl halides is 2. The minimum absolute atomic E-state index is 0.00798. The van der Waals surface area contributed by atoms with E-state index in [9.17, 15) is 9.59 Å². The van der Waals surface area contributed by atoms with E-state index in [0.29, 0.717) is 0 Å². The van der Waals surface area contributed by atoms with Crippen LogP contribution in [-0.4, -0.2) is 29.5 Å². The molecule has 20 heavy (non-hydrogen) atoms. The number of carbonyl (C=O) groups is 2. The van der Waals surface area contributed by atoms with Crippen LogP contribution in [0.2, 0.25) is 0 Å². The van der Waals surface area contributed by atoms with Crippen molar-refractivity contribution in [3.8, 4) is 0 Å². The summed E-state index contributed by atoms with van der Waals surface area (Å²) in [5, 5.41) is 0. The molecule has 0 aliphatic carbocycles. The van der Waals surface area contributed by atoms with Crippen molar-refractivity contribution in [1.29, 1.82) is 0 Å².